The van der Waals surface area contributed by atoms with Gasteiger partial charge < -0.3 is 15.5 Å². The first kappa shape index (κ1) is 19.2. The quantitative estimate of drug-likeness (QED) is 0.866. The minimum Gasteiger partial charge on any atom is -0.326 e. The van der Waals surface area contributed by atoms with Gasteiger partial charge in [-0.1, -0.05) is 12.1 Å². The number of nitrogens with one attached hydrogen (secondary N) is 2. The second kappa shape index (κ2) is 8.29. The van der Waals surface area contributed by atoms with E-state index in [0.29, 0.717) is 17.1 Å². The van der Waals surface area contributed by atoms with Crippen LogP contribution >= 0.6 is 0 Å². The van der Waals surface area contributed by atoms with Gasteiger partial charge in [0.05, 0.1) is 0 Å². The largest absolute Gasteiger partial charge is 0.326 e. The lowest BCUT2D eigenvalue weighted by Crippen LogP contribution is -2.36. The fraction of sp³-hybridized carbons (Fsp3) is 0.250. The predicted molar refractivity (Wildman–Crippen MR) is 103 cm³/mol. The van der Waals surface area contributed by atoms with E-state index in [4.69, 9.17) is 0 Å². The number of rotatable bonds is 5. The molecule has 26 heavy (non-hydrogen) atoms. The van der Waals surface area contributed by atoms with Crippen LogP contribution in [-0.2, 0) is 14.4 Å². The maximum absolute atomic E-state index is 12.4. The summed E-state index contributed by atoms with van der Waals surface area (Å²) in [6.07, 6.45) is 0. The molecule has 2 aromatic rings. The molecule has 0 aromatic heterocycles. The molecule has 2 aromatic carbocycles. The molecule has 2 N–H and O–H groups in total. The van der Waals surface area contributed by atoms with Crippen molar-refractivity contribution in [3.05, 3.63) is 53.6 Å². The molecule has 0 saturated carbocycles. The van der Waals surface area contributed by atoms with E-state index in [2.05, 4.69) is 10.6 Å². The van der Waals surface area contributed by atoms with Gasteiger partial charge in [-0.25, -0.2) is 0 Å². The van der Waals surface area contributed by atoms with Crippen LogP contribution in [0.25, 0.3) is 0 Å². The first-order valence-electron chi connectivity index (χ1n) is 8.28. The van der Waals surface area contributed by atoms with Crippen LogP contribution in [-0.4, -0.2) is 24.3 Å². The topological polar surface area (TPSA) is 78.5 Å². The second-order valence-corrected chi connectivity index (χ2v) is 6.26. The highest BCUT2D eigenvalue weighted by Gasteiger charge is 2.16. The number of hydrogen-bond donors (Lipinski definition) is 2. The molecule has 0 bridgehead atoms. The van der Waals surface area contributed by atoms with Gasteiger partial charge in [-0.05, 0) is 55.3 Å². The van der Waals surface area contributed by atoms with Gasteiger partial charge in [0.1, 0.15) is 6.54 Å². The number of benzene rings is 2. The monoisotopic (exact) mass is 353 g/mol. The predicted octanol–water partition coefficient (Wildman–Crippen LogP) is 3.25. The van der Waals surface area contributed by atoms with Crippen LogP contribution in [0.5, 0.6) is 0 Å². The lowest BCUT2D eigenvalue weighted by molar-refractivity contribution is -0.120. The Bertz CT molecular complexity index is 826. The number of carbonyl (C=O) groups excluding carboxylic acids is 3. The molecule has 0 unspecified atom stereocenters. The summed E-state index contributed by atoms with van der Waals surface area (Å²) in [5.41, 5.74) is 3.90. The van der Waals surface area contributed by atoms with Crippen LogP contribution in [0.4, 0.5) is 17.1 Å². The molecular formula is C20H23N3O3. The number of aryl methyl sites for hydroxylation is 2. The molecule has 136 valence electrons. The Morgan fingerprint density at radius 1 is 0.885 bits per heavy atom. The molecule has 0 heterocycles. The van der Waals surface area contributed by atoms with Gasteiger partial charge >= 0.3 is 0 Å². The average Bonchev–Trinajstić information content (AvgIpc) is 2.50. The highest BCUT2D eigenvalue weighted by molar-refractivity contribution is 6.02. The Morgan fingerprint density at radius 2 is 1.54 bits per heavy atom. The van der Waals surface area contributed by atoms with Crippen molar-refractivity contribution in [1.29, 1.82) is 0 Å². The van der Waals surface area contributed by atoms with Crippen LogP contribution in [0, 0.1) is 13.8 Å². The highest BCUT2D eigenvalue weighted by atomic mass is 16.2. The van der Waals surface area contributed by atoms with E-state index in [1.54, 1.807) is 24.3 Å². The van der Waals surface area contributed by atoms with Crippen molar-refractivity contribution in [1.82, 2.24) is 0 Å². The second-order valence-electron chi connectivity index (χ2n) is 6.26. The third kappa shape index (κ3) is 5.44. The normalized spacial score (nSPS) is 10.2. The molecule has 0 aliphatic heterocycles. The van der Waals surface area contributed by atoms with Crippen LogP contribution in [0.15, 0.2) is 42.5 Å². The summed E-state index contributed by atoms with van der Waals surface area (Å²) >= 11 is 0. The van der Waals surface area contributed by atoms with Gasteiger partial charge in [-0.2, -0.15) is 0 Å². The summed E-state index contributed by atoms with van der Waals surface area (Å²) in [6, 6.07) is 12.6. The van der Waals surface area contributed by atoms with Crippen molar-refractivity contribution in [2.45, 2.75) is 27.7 Å². The van der Waals surface area contributed by atoms with Crippen LogP contribution in [0.2, 0.25) is 0 Å². The van der Waals surface area contributed by atoms with E-state index in [1.807, 2.05) is 32.0 Å². The first-order chi connectivity index (χ1) is 12.2. The van der Waals surface area contributed by atoms with Crippen LogP contribution in [0.1, 0.15) is 25.0 Å². The number of nitrogens with zero attached hydrogens (tertiary/aromatic N) is 1. The molecule has 0 spiro atoms. The summed E-state index contributed by atoms with van der Waals surface area (Å²) in [5, 5.41) is 5.49. The minimum atomic E-state index is -0.296. The van der Waals surface area contributed by atoms with Gasteiger partial charge in [-0.3, -0.25) is 14.4 Å². The van der Waals surface area contributed by atoms with Gasteiger partial charge in [0.15, 0.2) is 0 Å². The van der Waals surface area contributed by atoms with Crippen molar-refractivity contribution in [2.24, 2.45) is 0 Å². The third-order valence-corrected chi connectivity index (χ3v) is 3.67. The maximum atomic E-state index is 12.4. The van der Waals surface area contributed by atoms with E-state index in [1.165, 1.54) is 18.7 Å². The lowest BCUT2D eigenvalue weighted by Gasteiger charge is -2.21. The van der Waals surface area contributed by atoms with E-state index in [9.17, 15) is 14.4 Å². The number of hydrogen-bond acceptors (Lipinski definition) is 3. The maximum Gasteiger partial charge on any atom is 0.244 e. The standard InChI is InChI=1S/C20H23N3O3/c1-13-8-14(2)10-18(9-13)22-20(26)12-23(16(4)25)19-7-5-6-17(11-19)21-15(3)24/h5-11H,12H2,1-4H3,(H,21,24)(H,22,26). The molecule has 0 atom stereocenters. The lowest BCUT2D eigenvalue weighted by atomic mass is 10.1. The van der Waals surface area contributed by atoms with E-state index >= 15 is 0 Å². The fourth-order valence-electron chi connectivity index (χ4n) is 2.73. The highest BCUT2D eigenvalue weighted by Crippen LogP contribution is 2.20. The Labute approximate surface area is 153 Å². The Balaban J connectivity index is 2.16. The van der Waals surface area contributed by atoms with Crippen molar-refractivity contribution in [2.75, 3.05) is 22.1 Å². The molecular weight excluding hydrogens is 330 g/mol. The number of anilines is 3. The van der Waals surface area contributed by atoms with Crippen molar-refractivity contribution in [3.63, 3.8) is 0 Å². The van der Waals surface area contributed by atoms with E-state index in [0.717, 1.165) is 11.1 Å². The molecule has 6 nitrogen and oxygen atoms in total. The van der Waals surface area contributed by atoms with Gasteiger partial charge in [0, 0.05) is 30.9 Å². The summed E-state index contributed by atoms with van der Waals surface area (Å²) in [4.78, 5) is 37.0. The summed E-state index contributed by atoms with van der Waals surface area (Å²) < 4.78 is 0. The van der Waals surface area contributed by atoms with Gasteiger partial charge in [-0.15, -0.1) is 0 Å². The minimum absolute atomic E-state index is 0.119. The van der Waals surface area contributed by atoms with E-state index < -0.39 is 0 Å². The zero-order chi connectivity index (χ0) is 19.3. The van der Waals surface area contributed by atoms with Crippen molar-refractivity contribution < 1.29 is 14.4 Å². The molecule has 6 heteroatoms. The SMILES string of the molecule is CC(=O)Nc1cccc(N(CC(=O)Nc2cc(C)cc(C)c2)C(C)=O)c1. The molecule has 0 aliphatic carbocycles. The Kier molecular flexibility index (Phi) is 6.11. The van der Waals surface area contributed by atoms with Crippen LogP contribution in [0.3, 0.4) is 0 Å². The zero-order valence-electron chi connectivity index (χ0n) is 15.4. The Morgan fingerprint density at radius 3 is 2.12 bits per heavy atom. The molecule has 2 rings (SSSR count). The molecule has 3 amide bonds. The van der Waals surface area contributed by atoms with Crippen LogP contribution < -0.4 is 15.5 Å². The summed E-state index contributed by atoms with van der Waals surface area (Å²) in [7, 11) is 0. The number of carbonyl (C=O) groups is 3. The molecule has 0 fully saturated rings. The average molecular weight is 353 g/mol. The molecule has 0 saturated heterocycles. The molecule has 0 aliphatic rings. The Hall–Kier alpha value is -3.15. The van der Waals surface area contributed by atoms with Crippen molar-refractivity contribution in [3.8, 4) is 0 Å². The fourth-order valence-corrected chi connectivity index (χ4v) is 2.73. The van der Waals surface area contributed by atoms with Gasteiger partial charge in [0.25, 0.3) is 0 Å². The number of amides is 3. The first-order valence-corrected chi connectivity index (χ1v) is 8.28. The smallest absolute Gasteiger partial charge is 0.244 e. The van der Waals surface area contributed by atoms with Gasteiger partial charge in [0.2, 0.25) is 17.7 Å². The third-order valence-electron chi connectivity index (χ3n) is 3.67. The summed E-state index contributed by atoms with van der Waals surface area (Å²) in [5.74, 6) is -0.764. The summed E-state index contributed by atoms with van der Waals surface area (Å²) in [6.45, 7) is 6.60. The van der Waals surface area contributed by atoms with Crippen molar-refractivity contribution >= 4 is 34.8 Å². The molecule has 0 radical (unpaired) electrons. The zero-order valence-corrected chi connectivity index (χ0v) is 15.4. The van der Waals surface area contributed by atoms with E-state index in [-0.39, 0.29) is 24.3 Å².